The highest BCUT2D eigenvalue weighted by Crippen LogP contribution is 2.39. The Labute approximate surface area is 271 Å². The van der Waals surface area contributed by atoms with Gasteiger partial charge in [0.2, 0.25) is 5.91 Å². The van der Waals surface area contributed by atoms with E-state index in [2.05, 4.69) is 27.2 Å². The lowest BCUT2D eigenvalue weighted by molar-refractivity contribution is -0.146. The summed E-state index contributed by atoms with van der Waals surface area (Å²) in [5.41, 5.74) is -1.86. The molecular formula is C35H43F6N3O3. The molecule has 47 heavy (non-hydrogen) atoms. The van der Waals surface area contributed by atoms with Crippen molar-refractivity contribution in [3.8, 4) is 0 Å². The van der Waals surface area contributed by atoms with Gasteiger partial charge in [-0.2, -0.15) is 26.3 Å². The number of likely N-dealkylation sites (tertiary alicyclic amines) is 2. The smallest absolute Gasteiger partial charge is 0.416 e. The van der Waals surface area contributed by atoms with E-state index in [1.165, 1.54) is 5.56 Å². The predicted octanol–water partition coefficient (Wildman–Crippen LogP) is 7.19. The maximum Gasteiger partial charge on any atom is 0.416 e. The molecule has 1 aliphatic carbocycles. The van der Waals surface area contributed by atoms with Crippen LogP contribution in [0.4, 0.5) is 26.3 Å². The Kier molecular flexibility index (Phi) is 11.2. The third-order valence-corrected chi connectivity index (χ3v) is 10.3. The van der Waals surface area contributed by atoms with Gasteiger partial charge in [0.05, 0.1) is 11.1 Å². The molecule has 5 rings (SSSR count). The van der Waals surface area contributed by atoms with Gasteiger partial charge in [-0.05, 0) is 85.9 Å². The van der Waals surface area contributed by atoms with Gasteiger partial charge in [0.25, 0.3) is 0 Å². The summed E-state index contributed by atoms with van der Waals surface area (Å²) >= 11 is 0. The van der Waals surface area contributed by atoms with Gasteiger partial charge in [-0.25, -0.2) is 0 Å². The molecule has 0 radical (unpaired) electrons. The molecule has 2 aromatic carbocycles. The first-order valence-corrected chi connectivity index (χ1v) is 16.6. The van der Waals surface area contributed by atoms with E-state index < -0.39 is 47.9 Å². The van der Waals surface area contributed by atoms with Crippen LogP contribution in [-0.4, -0.2) is 65.5 Å². The molecule has 3 atom stereocenters. The molecule has 3 aliphatic rings. The molecule has 1 amide bonds. The second-order valence-electron chi connectivity index (χ2n) is 13.6. The molecule has 2 saturated heterocycles. The summed E-state index contributed by atoms with van der Waals surface area (Å²) in [6.07, 6.45) is -3.07. The number of halogens is 6. The number of nitrogens with one attached hydrogen (secondary N) is 1. The minimum absolute atomic E-state index is 0.0474. The standard InChI is InChI=1S/C35H43F6N3O3/c36-34(37,38)28-15-24(16-29(18-28)35(39,40)41)19-42-31(45)17-23-11-13-43(14-12-23)20-27-21-44(22-30(27)25-7-3-1-4-8-25)32(33(46)47)26-9-5-2-6-10-26/h1,3-4,7-8,15-16,18,23,26-27,30,32H,2,5-6,9-14,17,19-22H2,(H,42,45)(H,46,47). The van der Waals surface area contributed by atoms with Crippen molar-refractivity contribution >= 4 is 11.9 Å². The SMILES string of the molecule is O=C(CC1CCN(CC2CN(C(C(=O)O)C3CCCCC3)CC2c2ccccc2)CC1)NCc1cc(C(F)(F)F)cc(C(F)(F)F)c1. The van der Waals surface area contributed by atoms with Gasteiger partial charge in [-0.3, -0.25) is 14.5 Å². The summed E-state index contributed by atoms with van der Waals surface area (Å²) < 4.78 is 79.1. The minimum atomic E-state index is -4.95. The van der Waals surface area contributed by atoms with Crippen LogP contribution in [0.2, 0.25) is 0 Å². The minimum Gasteiger partial charge on any atom is -0.480 e. The quantitative estimate of drug-likeness (QED) is 0.263. The molecule has 12 heteroatoms. The Morgan fingerprint density at radius 2 is 1.47 bits per heavy atom. The van der Waals surface area contributed by atoms with Gasteiger partial charge in [0, 0.05) is 38.5 Å². The van der Waals surface area contributed by atoms with Crippen LogP contribution in [0.15, 0.2) is 48.5 Å². The van der Waals surface area contributed by atoms with Crippen molar-refractivity contribution in [1.82, 2.24) is 15.1 Å². The van der Waals surface area contributed by atoms with Crippen LogP contribution in [0.3, 0.4) is 0 Å². The number of benzene rings is 2. The van der Waals surface area contributed by atoms with Gasteiger partial charge in [-0.15, -0.1) is 0 Å². The van der Waals surface area contributed by atoms with Crippen molar-refractivity contribution in [3.05, 3.63) is 70.8 Å². The first-order valence-electron chi connectivity index (χ1n) is 16.6. The molecule has 6 nitrogen and oxygen atoms in total. The fourth-order valence-corrected chi connectivity index (χ4v) is 7.86. The number of hydrogen-bond donors (Lipinski definition) is 2. The van der Waals surface area contributed by atoms with Gasteiger partial charge in [-0.1, -0.05) is 49.6 Å². The Balaban J connectivity index is 1.15. The van der Waals surface area contributed by atoms with Crippen molar-refractivity contribution in [2.75, 3.05) is 32.7 Å². The van der Waals surface area contributed by atoms with Crippen molar-refractivity contribution in [3.63, 3.8) is 0 Å². The zero-order valence-electron chi connectivity index (χ0n) is 26.3. The molecule has 1 saturated carbocycles. The third kappa shape index (κ3) is 9.28. The molecule has 3 fully saturated rings. The largest absolute Gasteiger partial charge is 0.480 e. The van der Waals surface area contributed by atoms with Gasteiger partial charge < -0.3 is 15.3 Å². The Morgan fingerprint density at radius 1 is 0.851 bits per heavy atom. The van der Waals surface area contributed by atoms with Gasteiger partial charge in [0.15, 0.2) is 0 Å². The van der Waals surface area contributed by atoms with Gasteiger partial charge >= 0.3 is 18.3 Å². The Bertz CT molecular complexity index is 1320. The number of carbonyl (C=O) groups is 2. The number of alkyl halides is 6. The summed E-state index contributed by atoms with van der Waals surface area (Å²) in [7, 11) is 0. The monoisotopic (exact) mass is 667 g/mol. The van der Waals surface area contributed by atoms with Crippen LogP contribution < -0.4 is 5.32 Å². The average Bonchev–Trinajstić information content (AvgIpc) is 3.43. The highest BCUT2D eigenvalue weighted by molar-refractivity contribution is 5.76. The first kappa shape index (κ1) is 35.2. The Morgan fingerprint density at radius 3 is 2.04 bits per heavy atom. The second kappa shape index (κ2) is 15.0. The number of nitrogens with zero attached hydrogens (tertiary/aromatic N) is 2. The van der Waals surface area contributed by atoms with Crippen LogP contribution in [-0.2, 0) is 28.5 Å². The molecular weight excluding hydrogens is 624 g/mol. The van der Waals surface area contributed by atoms with E-state index >= 15 is 0 Å². The number of rotatable bonds is 10. The lowest BCUT2D eigenvalue weighted by Crippen LogP contribution is -2.46. The molecule has 0 bridgehead atoms. The Hall–Kier alpha value is -3.12. The van der Waals surface area contributed by atoms with Crippen LogP contribution in [0.25, 0.3) is 0 Å². The summed E-state index contributed by atoms with van der Waals surface area (Å²) in [5.74, 6) is -0.481. The molecule has 2 heterocycles. The molecule has 3 unspecified atom stereocenters. The number of hydrogen-bond acceptors (Lipinski definition) is 4. The van der Waals surface area contributed by atoms with E-state index in [1.54, 1.807) is 0 Å². The van der Waals surface area contributed by atoms with Gasteiger partial charge in [0.1, 0.15) is 6.04 Å². The van der Waals surface area contributed by atoms with Crippen molar-refractivity contribution < 1.29 is 41.0 Å². The van der Waals surface area contributed by atoms with Crippen molar-refractivity contribution in [1.29, 1.82) is 0 Å². The number of amides is 1. The van der Waals surface area contributed by atoms with Crippen molar-refractivity contribution in [2.24, 2.45) is 17.8 Å². The molecule has 2 N–H and O–H groups in total. The van der Waals surface area contributed by atoms with E-state index in [0.29, 0.717) is 25.2 Å². The number of carbonyl (C=O) groups excluding carboxylic acids is 1. The summed E-state index contributed by atoms with van der Waals surface area (Å²) in [4.78, 5) is 29.7. The molecule has 0 aromatic heterocycles. The zero-order valence-corrected chi connectivity index (χ0v) is 26.3. The first-order chi connectivity index (χ1) is 22.3. The fraction of sp³-hybridized carbons (Fsp3) is 0.600. The van der Waals surface area contributed by atoms with Crippen LogP contribution >= 0.6 is 0 Å². The molecule has 2 aliphatic heterocycles. The molecule has 2 aromatic rings. The number of piperidine rings is 1. The lowest BCUT2D eigenvalue weighted by atomic mass is 9.83. The summed E-state index contributed by atoms with van der Waals surface area (Å²) in [6, 6.07) is 11.1. The molecule has 0 spiro atoms. The zero-order chi connectivity index (χ0) is 33.8. The van der Waals surface area contributed by atoms with Crippen LogP contribution in [0.5, 0.6) is 0 Å². The van der Waals surface area contributed by atoms with Crippen LogP contribution in [0, 0.1) is 17.8 Å². The third-order valence-electron chi connectivity index (χ3n) is 10.3. The highest BCUT2D eigenvalue weighted by Gasteiger charge is 2.43. The van der Waals surface area contributed by atoms with Crippen molar-refractivity contribution in [2.45, 2.75) is 82.2 Å². The average molecular weight is 668 g/mol. The topological polar surface area (TPSA) is 72.9 Å². The normalized spacial score (nSPS) is 23.1. The highest BCUT2D eigenvalue weighted by atomic mass is 19.4. The maximum atomic E-state index is 13.2. The van der Waals surface area contributed by atoms with E-state index in [1.807, 2.05) is 18.2 Å². The second-order valence-corrected chi connectivity index (χ2v) is 13.6. The summed E-state index contributed by atoms with van der Waals surface area (Å²) in [5, 5.41) is 12.8. The van der Waals surface area contributed by atoms with E-state index in [4.69, 9.17) is 0 Å². The lowest BCUT2D eigenvalue weighted by Gasteiger charge is -2.35. The number of aliphatic carboxylic acids is 1. The fourth-order valence-electron chi connectivity index (χ4n) is 7.86. The molecule has 258 valence electrons. The number of carboxylic acid groups (broad SMARTS) is 1. The van der Waals surface area contributed by atoms with E-state index in [-0.39, 0.29) is 41.7 Å². The summed E-state index contributed by atoms with van der Waals surface area (Å²) in [6.45, 7) is 3.30. The maximum absolute atomic E-state index is 13.2. The number of carboxylic acids is 1. The van der Waals surface area contributed by atoms with Crippen LogP contribution in [0.1, 0.15) is 79.5 Å². The predicted molar refractivity (Wildman–Crippen MR) is 164 cm³/mol. The van der Waals surface area contributed by atoms with E-state index in [9.17, 15) is 41.0 Å². The van der Waals surface area contributed by atoms with E-state index in [0.717, 1.165) is 64.6 Å².